The number of ether oxygens (including phenoxy) is 1. The van der Waals surface area contributed by atoms with Crippen LogP contribution in [0.25, 0.3) is 0 Å². The maximum Gasteiger partial charge on any atom is 0.319 e. The monoisotopic (exact) mass is 297 g/mol. The number of rotatable bonds is 6. The molecule has 1 rings (SSSR count). The number of benzene rings is 1. The molecule has 0 bridgehead atoms. The molecule has 9 nitrogen and oxygen atoms in total. The number of aliphatic carboxylic acids is 1. The first-order chi connectivity index (χ1) is 9.85. The van der Waals surface area contributed by atoms with E-state index in [0.29, 0.717) is 0 Å². The Labute approximate surface area is 120 Å². The lowest BCUT2D eigenvalue weighted by Gasteiger charge is -2.10. The van der Waals surface area contributed by atoms with E-state index in [1.165, 1.54) is 26.2 Å². The van der Waals surface area contributed by atoms with E-state index in [1.807, 2.05) is 0 Å². The number of anilines is 1. The Hall–Kier alpha value is -2.84. The average Bonchev–Trinajstić information content (AvgIpc) is 2.44. The van der Waals surface area contributed by atoms with Gasteiger partial charge in [-0.15, -0.1) is 0 Å². The van der Waals surface area contributed by atoms with Crippen molar-refractivity contribution in [1.82, 2.24) is 5.32 Å². The van der Waals surface area contributed by atoms with Crippen molar-refractivity contribution in [3.8, 4) is 5.75 Å². The first kappa shape index (κ1) is 16.2. The van der Waals surface area contributed by atoms with Crippen LogP contribution in [0.3, 0.4) is 0 Å². The van der Waals surface area contributed by atoms with Crippen molar-refractivity contribution in [2.45, 2.75) is 6.92 Å². The van der Waals surface area contributed by atoms with E-state index in [0.717, 1.165) is 6.07 Å². The van der Waals surface area contributed by atoms with Crippen LogP contribution in [0.15, 0.2) is 18.2 Å². The quantitative estimate of drug-likeness (QED) is 0.538. The molecule has 0 saturated heterocycles. The van der Waals surface area contributed by atoms with Gasteiger partial charge in [0.25, 0.3) is 0 Å². The molecule has 0 radical (unpaired) electrons. The van der Waals surface area contributed by atoms with Crippen molar-refractivity contribution < 1.29 is 24.4 Å². The number of amides is 2. The van der Waals surface area contributed by atoms with E-state index >= 15 is 0 Å². The zero-order valence-electron chi connectivity index (χ0n) is 11.5. The summed E-state index contributed by atoms with van der Waals surface area (Å²) >= 11 is 0. The highest BCUT2D eigenvalue weighted by Crippen LogP contribution is 2.29. The highest BCUT2D eigenvalue weighted by atomic mass is 16.6. The van der Waals surface area contributed by atoms with Crippen molar-refractivity contribution >= 4 is 23.4 Å². The summed E-state index contributed by atoms with van der Waals surface area (Å²) in [4.78, 5) is 32.4. The number of carboxylic acids is 1. The molecule has 3 N–H and O–H groups in total. The summed E-state index contributed by atoms with van der Waals surface area (Å²) in [6.45, 7) is 1.39. The van der Waals surface area contributed by atoms with E-state index in [9.17, 15) is 19.7 Å². The molecule has 0 aliphatic carbocycles. The van der Waals surface area contributed by atoms with E-state index in [-0.39, 0.29) is 23.7 Å². The average molecular weight is 297 g/mol. The first-order valence-corrected chi connectivity index (χ1v) is 5.95. The molecular weight excluding hydrogens is 282 g/mol. The maximum absolute atomic E-state index is 11.6. The molecule has 0 aliphatic rings. The molecular formula is C12H15N3O6. The number of methoxy groups -OCH3 is 1. The number of nitrogens with zero attached hydrogens (tertiary/aromatic N) is 1. The van der Waals surface area contributed by atoms with Crippen molar-refractivity contribution in [2.24, 2.45) is 5.92 Å². The third-order valence-electron chi connectivity index (χ3n) is 2.62. The van der Waals surface area contributed by atoms with Gasteiger partial charge >= 0.3 is 17.7 Å². The first-order valence-electron chi connectivity index (χ1n) is 5.95. The van der Waals surface area contributed by atoms with E-state index in [4.69, 9.17) is 9.84 Å². The molecule has 0 fully saturated rings. The topological polar surface area (TPSA) is 131 Å². The predicted octanol–water partition coefficient (Wildman–Crippen LogP) is 1.45. The number of hydrogen-bond donors (Lipinski definition) is 3. The van der Waals surface area contributed by atoms with Crippen LogP contribution < -0.4 is 15.4 Å². The summed E-state index contributed by atoms with van der Waals surface area (Å²) in [6.07, 6.45) is 0. The van der Waals surface area contributed by atoms with Gasteiger partial charge < -0.3 is 20.5 Å². The lowest BCUT2D eigenvalue weighted by molar-refractivity contribution is -0.385. The van der Waals surface area contributed by atoms with E-state index < -0.39 is 22.8 Å². The minimum absolute atomic E-state index is 0.0561. The van der Waals surface area contributed by atoms with Crippen molar-refractivity contribution in [1.29, 1.82) is 0 Å². The van der Waals surface area contributed by atoms with Crippen LogP contribution in [0, 0.1) is 16.0 Å². The number of carbonyl (C=O) groups excluding carboxylic acids is 1. The largest absolute Gasteiger partial charge is 0.490 e. The minimum atomic E-state index is -1.03. The van der Waals surface area contributed by atoms with Gasteiger partial charge in [0.1, 0.15) is 0 Å². The van der Waals surface area contributed by atoms with Crippen LogP contribution in [-0.2, 0) is 4.79 Å². The van der Waals surface area contributed by atoms with Gasteiger partial charge in [-0.25, -0.2) is 4.79 Å². The molecule has 1 atom stereocenters. The Morgan fingerprint density at radius 1 is 1.48 bits per heavy atom. The lowest BCUT2D eigenvalue weighted by Crippen LogP contribution is -2.34. The summed E-state index contributed by atoms with van der Waals surface area (Å²) < 4.78 is 4.84. The smallest absolute Gasteiger partial charge is 0.319 e. The van der Waals surface area contributed by atoms with E-state index in [1.54, 1.807) is 0 Å². The van der Waals surface area contributed by atoms with Gasteiger partial charge in [0.15, 0.2) is 5.75 Å². The molecule has 0 saturated carbocycles. The fourth-order valence-corrected chi connectivity index (χ4v) is 1.42. The molecule has 114 valence electrons. The Morgan fingerprint density at radius 3 is 2.67 bits per heavy atom. The van der Waals surface area contributed by atoms with Crippen LogP contribution in [0.1, 0.15) is 6.92 Å². The Bertz CT molecular complexity index is 560. The molecule has 21 heavy (non-hydrogen) atoms. The fourth-order valence-electron chi connectivity index (χ4n) is 1.42. The molecule has 1 unspecified atom stereocenters. The van der Waals surface area contributed by atoms with Gasteiger partial charge in [-0.05, 0) is 12.1 Å². The highest BCUT2D eigenvalue weighted by Gasteiger charge is 2.16. The molecule has 1 aromatic carbocycles. The van der Waals surface area contributed by atoms with Crippen molar-refractivity contribution in [2.75, 3.05) is 19.0 Å². The second kappa shape index (κ2) is 7.08. The number of nitro benzene ring substituents is 1. The molecule has 0 spiro atoms. The van der Waals surface area contributed by atoms with Crippen LogP contribution >= 0.6 is 0 Å². The third-order valence-corrected chi connectivity index (χ3v) is 2.62. The normalized spacial score (nSPS) is 11.3. The van der Waals surface area contributed by atoms with Crippen LogP contribution in [0.2, 0.25) is 0 Å². The number of carboxylic acid groups (broad SMARTS) is 1. The zero-order chi connectivity index (χ0) is 16.0. The Morgan fingerprint density at radius 2 is 2.14 bits per heavy atom. The number of nitro groups is 1. The highest BCUT2D eigenvalue weighted by molar-refractivity contribution is 5.90. The molecule has 0 aromatic heterocycles. The standard InChI is InChI=1S/C12H15N3O6/c1-7(11(16)17)6-13-12(18)14-8-3-4-10(21-2)9(5-8)15(19)20/h3-5,7H,6H2,1-2H3,(H,16,17)(H2,13,14,18). The lowest BCUT2D eigenvalue weighted by atomic mass is 10.2. The number of urea groups is 1. The van der Waals surface area contributed by atoms with Crippen LogP contribution in [0.5, 0.6) is 5.75 Å². The summed E-state index contributed by atoms with van der Waals surface area (Å²) in [6, 6.07) is 3.29. The Balaban J connectivity index is 2.70. The zero-order valence-corrected chi connectivity index (χ0v) is 11.5. The van der Waals surface area contributed by atoms with Crippen molar-refractivity contribution in [3.05, 3.63) is 28.3 Å². The molecule has 2 amide bonds. The second-order valence-corrected chi connectivity index (χ2v) is 4.22. The van der Waals surface area contributed by atoms with E-state index in [2.05, 4.69) is 10.6 Å². The van der Waals surface area contributed by atoms with Gasteiger partial charge in [-0.2, -0.15) is 0 Å². The minimum Gasteiger partial charge on any atom is -0.490 e. The van der Waals surface area contributed by atoms with Gasteiger partial charge in [0.2, 0.25) is 0 Å². The molecule has 0 heterocycles. The number of hydrogen-bond acceptors (Lipinski definition) is 5. The third kappa shape index (κ3) is 4.64. The van der Waals surface area contributed by atoms with Gasteiger partial charge in [-0.3, -0.25) is 14.9 Å². The fraction of sp³-hybridized carbons (Fsp3) is 0.333. The molecule has 9 heteroatoms. The van der Waals surface area contributed by atoms with Gasteiger partial charge in [0.05, 0.1) is 18.0 Å². The summed E-state index contributed by atoms with van der Waals surface area (Å²) in [5.74, 6) is -1.69. The molecule has 1 aromatic rings. The summed E-state index contributed by atoms with van der Waals surface area (Å²) in [7, 11) is 1.30. The number of nitrogens with one attached hydrogen (secondary N) is 2. The van der Waals surface area contributed by atoms with Crippen LogP contribution in [-0.4, -0.2) is 35.7 Å². The predicted molar refractivity (Wildman–Crippen MR) is 73.5 cm³/mol. The van der Waals surface area contributed by atoms with Crippen LogP contribution in [0.4, 0.5) is 16.2 Å². The summed E-state index contributed by atoms with van der Waals surface area (Å²) in [5.41, 5.74) is -0.0859. The number of carbonyl (C=O) groups is 2. The second-order valence-electron chi connectivity index (χ2n) is 4.22. The SMILES string of the molecule is COc1ccc(NC(=O)NCC(C)C(=O)O)cc1[N+](=O)[O-]. The maximum atomic E-state index is 11.6. The van der Waals surface area contributed by atoms with Gasteiger partial charge in [-0.1, -0.05) is 6.92 Å². The Kier molecular flexibility index (Phi) is 5.47. The molecule has 0 aliphatic heterocycles. The summed E-state index contributed by atoms with van der Waals surface area (Å²) in [5, 5.41) is 24.3. The van der Waals surface area contributed by atoms with Gasteiger partial charge in [0, 0.05) is 18.3 Å². The van der Waals surface area contributed by atoms with Crippen molar-refractivity contribution in [3.63, 3.8) is 0 Å².